The van der Waals surface area contributed by atoms with Gasteiger partial charge in [-0.3, -0.25) is 9.59 Å². The average Bonchev–Trinajstić information content (AvgIpc) is 2.90. The summed E-state index contributed by atoms with van der Waals surface area (Å²) in [6, 6.07) is 7.14. The van der Waals surface area contributed by atoms with Crippen LogP contribution in [0.15, 0.2) is 36.7 Å². The summed E-state index contributed by atoms with van der Waals surface area (Å²) < 4.78 is 10.8. The summed E-state index contributed by atoms with van der Waals surface area (Å²) in [5.41, 5.74) is 0.795. The van der Waals surface area contributed by atoms with E-state index < -0.39 is 0 Å². The largest absolute Gasteiger partial charge is 0.427 e. The fraction of sp³-hybridized carbons (Fsp3) is 0.613. The Balaban J connectivity index is 1.65. The number of carbonyl (C=O) groups excluding carboxylic acids is 2. The molecule has 1 heterocycles. The second-order valence-electron chi connectivity index (χ2n) is 9.81. The monoisotopic (exact) mass is 510 g/mol. The molecule has 1 aromatic heterocycles. The third-order valence-corrected chi connectivity index (χ3v) is 6.42. The highest BCUT2D eigenvalue weighted by atomic mass is 16.5. The lowest BCUT2D eigenvalue weighted by atomic mass is 10.1. The van der Waals surface area contributed by atoms with Crippen molar-refractivity contribution in [2.45, 2.75) is 123 Å². The number of nitrogens with zero attached hydrogens (tertiary/aromatic N) is 2. The number of hydrogen-bond acceptors (Lipinski definition) is 6. The number of ether oxygens (including phenoxy) is 2. The van der Waals surface area contributed by atoms with E-state index in [9.17, 15) is 9.59 Å². The zero-order valence-corrected chi connectivity index (χ0v) is 23.0. The van der Waals surface area contributed by atoms with Gasteiger partial charge in [-0.1, -0.05) is 97.3 Å². The van der Waals surface area contributed by atoms with Crippen molar-refractivity contribution < 1.29 is 19.1 Å². The lowest BCUT2D eigenvalue weighted by Crippen LogP contribution is -2.08. The van der Waals surface area contributed by atoms with Crippen LogP contribution >= 0.6 is 0 Å². The van der Waals surface area contributed by atoms with E-state index in [-0.39, 0.29) is 11.9 Å². The van der Waals surface area contributed by atoms with Crippen molar-refractivity contribution in [2.75, 3.05) is 0 Å². The Labute approximate surface area is 223 Å². The summed E-state index contributed by atoms with van der Waals surface area (Å²) in [6.45, 7) is 4.43. The van der Waals surface area contributed by atoms with E-state index in [1.54, 1.807) is 12.1 Å². The highest BCUT2D eigenvalue weighted by Gasteiger charge is 2.09. The van der Waals surface area contributed by atoms with Crippen molar-refractivity contribution in [3.8, 4) is 22.9 Å². The first-order valence-corrected chi connectivity index (χ1v) is 14.5. The summed E-state index contributed by atoms with van der Waals surface area (Å²) in [7, 11) is 0. The highest BCUT2D eigenvalue weighted by molar-refractivity contribution is 5.73. The van der Waals surface area contributed by atoms with Crippen LogP contribution in [0.5, 0.6) is 11.5 Å². The Morgan fingerprint density at radius 2 is 0.973 bits per heavy atom. The van der Waals surface area contributed by atoms with Gasteiger partial charge in [0, 0.05) is 18.4 Å². The van der Waals surface area contributed by atoms with Gasteiger partial charge in [-0.15, -0.1) is 0 Å². The third-order valence-electron chi connectivity index (χ3n) is 6.42. The molecule has 0 fully saturated rings. The molecule has 0 radical (unpaired) electrons. The van der Waals surface area contributed by atoms with Crippen molar-refractivity contribution in [1.29, 1.82) is 0 Å². The lowest BCUT2D eigenvalue weighted by molar-refractivity contribution is -0.135. The van der Waals surface area contributed by atoms with Crippen molar-refractivity contribution >= 4 is 11.9 Å². The average molecular weight is 511 g/mol. The fourth-order valence-electron chi connectivity index (χ4n) is 4.18. The molecule has 0 saturated carbocycles. The molecule has 0 N–H and O–H groups in total. The zero-order chi connectivity index (χ0) is 26.6. The van der Waals surface area contributed by atoms with Gasteiger partial charge in [-0.05, 0) is 37.1 Å². The standard InChI is InChI=1S/C31H46N2O4/c1-3-5-7-9-11-13-15-16-18-29(34)36-27-22-20-26(21-23-27)31-32-24-28(25-33-31)37-30(35)19-17-14-12-10-8-6-4-2/h20-25H,3-19H2,1-2H3. The summed E-state index contributed by atoms with van der Waals surface area (Å²) in [5, 5.41) is 0. The van der Waals surface area contributed by atoms with Gasteiger partial charge in [0.1, 0.15) is 5.75 Å². The smallest absolute Gasteiger partial charge is 0.311 e. The van der Waals surface area contributed by atoms with Crippen LogP contribution in [-0.4, -0.2) is 21.9 Å². The minimum atomic E-state index is -0.247. The van der Waals surface area contributed by atoms with Gasteiger partial charge in [-0.25, -0.2) is 9.97 Å². The molecular weight excluding hydrogens is 464 g/mol. The summed E-state index contributed by atoms with van der Waals surface area (Å²) in [6.07, 6.45) is 21.6. The van der Waals surface area contributed by atoms with Crippen LogP contribution < -0.4 is 9.47 Å². The highest BCUT2D eigenvalue weighted by Crippen LogP contribution is 2.21. The number of unbranched alkanes of at least 4 members (excludes halogenated alkanes) is 13. The maximum absolute atomic E-state index is 12.1. The van der Waals surface area contributed by atoms with Crippen LogP contribution in [0.4, 0.5) is 0 Å². The molecule has 0 spiro atoms. The minimum absolute atomic E-state index is 0.197. The van der Waals surface area contributed by atoms with Crippen molar-refractivity contribution in [3.63, 3.8) is 0 Å². The lowest BCUT2D eigenvalue weighted by Gasteiger charge is -2.07. The van der Waals surface area contributed by atoms with E-state index >= 15 is 0 Å². The second kappa shape index (κ2) is 19.4. The topological polar surface area (TPSA) is 78.4 Å². The Morgan fingerprint density at radius 1 is 0.568 bits per heavy atom. The molecule has 0 atom stereocenters. The molecule has 6 nitrogen and oxygen atoms in total. The van der Waals surface area contributed by atoms with E-state index in [4.69, 9.17) is 9.47 Å². The number of rotatable bonds is 20. The summed E-state index contributed by atoms with van der Waals surface area (Å²) in [5.74, 6) is 0.942. The third kappa shape index (κ3) is 13.9. The number of carbonyl (C=O) groups is 2. The van der Waals surface area contributed by atoms with Gasteiger partial charge in [0.15, 0.2) is 11.6 Å². The first-order valence-electron chi connectivity index (χ1n) is 14.5. The van der Waals surface area contributed by atoms with Gasteiger partial charge >= 0.3 is 11.9 Å². The molecule has 0 saturated heterocycles. The molecule has 0 unspecified atom stereocenters. The van der Waals surface area contributed by atoms with E-state index in [1.807, 2.05) is 12.1 Å². The molecule has 0 aliphatic heterocycles. The predicted octanol–water partition coefficient (Wildman–Crippen LogP) is 8.63. The van der Waals surface area contributed by atoms with E-state index in [2.05, 4.69) is 23.8 Å². The van der Waals surface area contributed by atoms with Gasteiger partial charge < -0.3 is 9.47 Å². The normalized spacial score (nSPS) is 10.9. The van der Waals surface area contributed by atoms with Gasteiger partial charge in [0.05, 0.1) is 12.4 Å². The maximum Gasteiger partial charge on any atom is 0.311 e. The van der Waals surface area contributed by atoms with Gasteiger partial charge in [-0.2, -0.15) is 0 Å². The van der Waals surface area contributed by atoms with Crippen molar-refractivity contribution in [3.05, 3.63) is 36.7 Å². The number of hydrogen-bond donors (Lipinski definition) is 0. The van der Waals surface area contributed by atoms with E-state index in [0.29, 0.717) is 30.2 Å². The first kappa shape index (κ1) is 30.5. The van der Waals surface area contributed by atoms with Crippen LogP contribution in [-0.2, 0) is 9.59 Å². The zero-order valence-electron chi connectivity index (χ0n) is 23.0. The van der Waals surface area contributed by atoms with Crippen LogP contribution in [0.25, 0.3) is 11.4 Å². The van der Waals surface area contributed by atoms with Gasteiger partial charge in [0.25, 0.3) is 0 Å². The van der Waals surface area contributed by atoms with Crippen molar-refractivity contribution in [1.82, 2.24) is 9.97 Å². The quantitative estimate of drug-likeness (QED) is 0.101. The summed E-state index contributed by atoms with van der Waals surface area (Å²) in [4.78, 5) is 32.8. The fourth-order valence-corrected chi connectivity index (χ4v) is 4.18. The Kier molecular flexibility index (Phi) is 15.9. The molecule has 2 aromatic rings. The molecule has 0 aliphatic carbocycles. The molecule has 2 rings (SSSR count). The summed E-state index contributed by atoms with van der Waals surface area (Å²) >= 11 is 0. The van der Waals surface area contributed by atoms with E-state index in [1.165, 1.54) is 83.0 Å². The Hall–Kier alpha value is -2.76. The number of benzene rings is 1. The van der Waals surface area contributed by atoms with E-state index in [0.717, 1.165) is 31.2 Å². The Morgan fingerprint density at radius 3 is 1.43 bits per heavy atom. The second-order valence-corrected chi connectivity index (χ2v) is 9.81. The molecule has 1 aromatic carbocycles. The predicted molar refractivity (Wildman–Crippen MR) is 149 cm³/mol. The molecular formula is C31H46N2O4. The molecule has 0 aliphatic rings. The maximum atomic E-state index is 12.1. The van der Waals surface area contributed by atoms with Crippen LogP contribution in [0.3, 0.4) is 0 Å². The van der Waals surface area contributed by atoms with Crippen molar-refractivity contribution in [2.24, 2.45) is 0 Å². The van der Waals surface area contributed by atoms with Crippen LogP contribution in [0.1, 0.15) is 123 Å². The molecule has 37 heavy (non-hydrogen) atoms. The number of aromatic nitrogens is 2. The minimum Gasteiger partial charge on any atom is -0.427 e. The number of esters is 2. The van der Waals surface area contributed by atoms with Gasteiger partial charge in [0.2, 0.25) is 0 Å². The van der Waals surface area contributed by atoms with Crippen LogP contribution in [0.2, 0.25) is 0 Å². The molecule has 204 valence electrons. The van der Waals surface area contributed by atoms with Crippen LogP contribution in [0, 0.1) is 0 Å². The molecule has 0 bridgehead atoms. The Bertz CT molecular complexity index is 881. The molecule has 6 heteroatoms. The molecule has 0 amide bonds. The first-order chi connectivity index (χ1) is 18.1. The SMILES string of the molecule is CCCCCCCCCCC(=O)Oc1ccc(-c2ncc(OC(=O)CCCCCCCCC)cn2)cc1.